The van der Waals surface area contributed by atoms with Crippen molar-refractivity contribution in [3.8, 4) is 22.8 Å². The molecule has 4 rings (SSSR count). The molecule has 8 nitrogen and oxygen atoms in total. The fourth-order valence-corrected chi connectivity index (χ4v) is 3.98. The lowest BCUT2D eigenvalue weighted by Gasteiger charge is -2.17. The summed E-state index contributed by atoms with van der Waals surface area (Å²) in [6.45, 7) is 0.274. The summed E-state index contributed by atoms with van der Waals surface area (Å²) in [6, 6.07) is 19.8. The number of hydrogen-bond acceptors (Lipinski definition) is 5. The number of nitrogens with one attached hydrogen (secondary N) is 2. The maximum atomic E-state index is 12.5. The van der Waals surface area contributed by atoms with E-state index in [0.29, 0.717) is 40.1 Å². The zero-order chi connectivity index (χ0) is 26.2. The summed E-state index contributed by atoms with van der Waals surface area (Å²) >= 11 is 12.3. The van der Waals surface area contributed by atoms with Crippen molar-refractivity contribution in [2.75, 3.05) is 6.61 Å². The van der Waals surface area contributed by atoms with Gasteiger partial charge in [0, 0.05) is 30.4 Å². The molecule has 0 fully saturated rings. The number of aromatic nitrogens is 3. The number of nitrogens with zero attached hydrogens (tertiary/aromatic N) is 3. The van der Waals surface area contributed by atoms with Gasteiger partial charge < -0.3 is 15.8 Å². The first-order valence-corrected chi connectivity index (χ1v) is 12.4. The maximum absolute atomic E-state index is 12.5. The van der Waals surface area contributed by atoms with Crippen molar-refractivity contribution in [2.24, 2.45) is 5.73 Å². The third-order valence-electron chi connectivity index (χ3n) is 5.57. The van der Waals surface area contributed by atoms with Crippen molar-refractivity contribution in [3.05, 3.63) is 94.7 Å². The number of amidine groups is 1. The molecule has 0 aliphatic rings. The summed E-state index contributed by atoms with van der Waals surface area (Å²) in [6.07, 6.45) is 4.54. The molecule has 1 atom stereocenters. The monoisotopic (exact) mass is 552 g/mol. The smallest absolute Gasteiger partial charge is 0.220 e. The van der Waals surface area contributed by atoms with Crippen molar-refractivity contribution in [1.82, 2.24) is 20.1 Å². The Hall–Kier alpha value is -3.88. The van der Waals surface area contributed by atoms with Gasteiger partial charge in [0.1, 0.15) is 5.84 Å². The van der Waals surface area contributed by atoms with Crippen molar-refractivity contribution in [3.63, 3.8) is 0 Å². The molecular formula is C28H30Cl2N6O2. The molecule has 0 radical (unpaired) electrons. The highest BCUT2D eigenvalue weighted by Crippen LogP contribution is 2.29. The van der Waals surface area contributed by atoms with Crippen LogP contribution in [0.5, 0.6) is 5.88 Å². The van der Waals surface area contributed by atoms with Crippen LogP contribution in [-0.4, -0.2) is 39.2 Å². The Labute approximate surface area is 232 Å². The molecule has 2 aromatic carbocycles. The van der Waals surface area contributed by atoms with Gasteiger partial charge in [-0.1, -0.05) is 61.0 Å². The van der Waals surface area contributed by atoms with Gasteiger partial charge >= 0.3 is 0 Å². The first-order valence-electron chi connectivity index (χ1n) is 11.7. The van der Waals surface area contributed by atoms with Crippen LogP contribution >= 0.6 is 23.2 Å². The van der Waals surface area contributed by atoms with Gasteiger partial charge in [-0.2, -0.15) is 5.10 Å². The van der Waals surface area contributed by atoms with Crippen LogP contribution in [0.15, 0.2) is 79.1 Å². The molecule has 2 aromatic heterocycles. The van der Waals surface area contributed by atoms with Gasteiger partial charge in [0.15, 0.2) is 0 Å². The molecule has 0 bridgehead atoms. The standard InChI is InChI=1S/C27H26Cl2N6O2.CH4/c28-21-11-10-20(15-22(21)29)35-26(16-23(34-35)19-8-4-12-32-17-19)37-13-5-9-25(36)33-24(27(30)31)14-18-6-2-1-3-7-18;/h1-4,6-8,10-12,15-17,24H,5,9,13-14H2,(H3,30,31)(H,33,36);1H4/t24-;/m0./s1. The first-order chi connectivity index (χ1) is 17.9. The number of benzene rings is 2. The first kappa shape index (κ1) is 28.7. The van der Waals surface area contributed by atoms with Crippen LogP contribution in [0.2, 0.25) is 10.0 Å². The molecule has 4 aromatic rings. The second-order valence-corrected chi connectivity index (χ2v) is 9.15. The van der Waals surface area contributed by atoms with E-state index in [1.54, 1.807) is 35.3 Å². The largest absolute Gasteiger partial charge is 0.478 e. The normalized spacial score (nSPS) is 11.3. The van der Waals surface area contributed by atoms with Crippen molar-refractivity contribution < 1.29 is 9.53 Å². The molecule has 38 heavy (non-hydrogen) atoms. The summed E-state index contributed by atoms with van der Waals surface area (Å²) in [4.78, 5) is 16.7. The van der Waals surface area contributed by atoms with Gasteiger partial charge in [0.25, 0.3) is 0 Å². The zero-order valence-corrected chi connectivity index (χ0v) is 21.4. The highest BCUT2D eigenvalue weighted by molar-refractivity contribution is 6.42. The molecule has 0 saturated carbocycles. The third kappa shape index (κ3) is 7.57. The van der Waals surface area contributed by atoms with Crippen molar-refractivity contribution >= 4 is 34.9 Å². The number of carbonyl (C=O) groups is 1. The quantitative estimate of drug-likeness (QED) is 0.125. The highest BCUT2D eigenvalue weighted by Gasteiger charge is 2.17. The molecule has 0 unspecified atom stereocenters. The molecule has 0 spiro atoms. The van der Waals surface area contributed by atoms with E-state index in [1.165, 1.54) is 0 Å². The number of carbonyl (C=O) groups excluding carboxylic acids is 1. The minimum absolute atomic E-state index is 0. The van der Waals surface area contributed by atoms with E-state index in [0.717, 1.165) is 11.1 Å². The molecule has 1 amide bonds. The lowest BCUT2D eigenvalue weighted by atomic mass is 10.0. The molecule has 0 aliphatic carbocycles. The van der Waals surface area contributed by atoms with Gasteiger partial charge in [0.2, 0.25) is 11.8 Å². The molecule has 0 aliphatic heterocycles. The van der Waals surface area contributed by atoms with Crippen LogP contribution in [0, 0.1) is 5.41 Å². The molecular weight excluding hydrogens is 523 g/mol. The Morgan fingerprint density at radius 3 is 2.55 bits per heavy atom. The fraction of sp³-hybridized carbons (Fsp3) is 0.214. The summed E-state index contributed by atoms with van der Waals surface area (Å²) in [5.41, 5.74) is 8.90. The van der Waals surface area contributed by atoms with Crippen LogP contribution < -0.4 is 15.8 Å². The average molecular weight is 553 g/mol. The molecule has 2 heterocycles. The highest BCUT2D eigenvalue weighted by atomic mass is 35.5. The predicted molar refractivity (Wildman–Crippen MR) is 152 cm³/mol. The maximum Gasteiger partial charge on any atom is 0.220 e. The average Bonchev–Trinajstić information content (AvgIpc) is 3.33. The van der Waals surface area contributed by atoms with Crippen LogP contribution in [0.1, 0.15) is 25.8 Å². The molecule has 0 saturated heterocycles. The fourth-order valence-electron chi connectivity index (χ4n) is 3.69. The Bertz CT molecular complexity index is 1360. The molecule has 10 heteroatoms. The number of pyridine rings is 1. The minimum atomic E-state index is -0.561. The second-order valence-electron chi connectivity index (χ2n) is 8.34. The Morgan fingerprint density at radius 2 is 1.87 bits per heavy atom. The van der Waals surface area contributed by atoms with E-state index in [1.807, 2.05) is 48.5 Å². The van der Waals surface area contributed by atoms with Gasteiger partial charge in [-0.05, 0) is 48.7 Å². The van der Waals surface area contributed by atoms with Crippen LogP contribution in [0.3, 0.4) is 0 Å². The number of hydrogen-bond donors (Lipinski definition) is 3. The van der Waals surface area contributed by atoms with Gasteiger partial charge in [-0.3, -0.25) is 15.2 Å². The van der Waals surface area contributed by atoms with E-state index in [2.05, 4.69) is 15.4 Å². The van der Waals surface area contributed by atoms with Gasteiger partial charge in [-0.15, -0.1) is 0 Å². The number of nitrogens with two attached hydrogens (primary N) is 1. The topological polar surface area (TPSA) is 119 Å². The lowest BCUT2D eigenvalue weighted by molar-refractivity contribution is -0.121. The summed E-state index contributed by atoms with van der Waals surface area (Å²) in [7, 11) is 0. The second kappa shape index (κ2) is 13.6. The number of rotatable bonds is 11. The Balaban J connectivity index is 0.00000400. The van der Waals surface area contributed by atoms with E-state index >= 15 is 0 Å². The molecule has 4 N–H and O–H groups in total. The van der Waals surface area contributed by atoms with E-state index < -0.39 is 6.04 Å². The minimum Gasteiger partial charge on any atom is -0.478 e. The summed E-state index contributed by atoms with van der Waals surface area (Å²) in [5.74, 6) is 0.207. The van der Waals surface area contributed by atoms with Crippen LogP contribution in [0.25, 0.3) is 16.9 Å². The zero-order valence-electron chi connectivity index (χ0n) is 19.9. The van der Waals surface area contributed by atoms with Gasteiger partial charge in [0.05, 0.1) is 34.1 Å². The molecule has 198 valence electrons. The number of ether oxygens (including phenoxy) is 1. The van der Waals surface area contributed by atoms with E-state index in [4.69, 9.17) is 39.1 Å². The Morgan fingerprint density at radius 1 is 1.08 bits per heavy atom. The number of halogens is 2. The van der Waals surface area contributed by atoms with Gasteiger partial charge in [-0.25, -0.2) is 4.68 Å². The van der Waals surface area contributed by atoms with Crippen LogP contribution in [0.4, 0.5) is 0 Å². The summed E-state index contributed by atoms with van der Waals surface area (Å²) < 4.78 is 7.65. The summed E-state index contributed by atoms with van der Waals surface area (Å²) in [5, 5.41) is 16.2. The van der Waals surface area contributed by atoms with E-state index in [9.17, 15) is 4.79 Å². The Kier molecular flexibility index (Phi) is 10.3. The van der Waals surface area contributed by atoms with E-state index in [-0.39, 0.29) is 32.2 Å². The SMILES string of the molecule is C.N=C(N)[C@H](Cc1ccccc1)NC(=O)CCCOc1cc(-c2cccnc2)nn1-c1ccc(Cl)c(Cl)c1. The predicted octanol–water partition coefficient (Wildman–Crippen LogP) is 5.70. The van der Waals surface area contributed by atoms with Crippen molar-refractivity contribution in [1.29, 1.82) is 5.41 Å². The van der Waals surface area contributed by atoms with Crippen LogP contribution in [-0.2, 0) is 11.2 Å². The number of amides is 1. The lowest BCUT2D eigenvalue weighted by Crippen LogP contribution is -2.45. The van der Waals surface area contributed by atoms with Crippen molar-refractivity contribution in [2.45, 2.75) is 32.7 Å². The third-order valence-corrected chi connectivity index (χ3v) is 6.31.